The Morgan fingerprint density at radius 1 is 0.301 bits per heavy atom. The van der Waals surface area contributed by atoms with Crippen molar-refractivity contribution in [3.8, 4) is 73.9 Å². The van der Waals surface area contributed by atoms with Gasteiger partial charge in [0.05, 0.1) is 11.0 Å². The summed E-state index contributed by atoms with van der Waals surface area (Å²) in [6.45, 7) is 0. The van der Waals surface area contributed by atoms with Gasteiger partial charge in [-0.05, 0) is 128 Å². The van der Waals surface area contributed by atoms with Gasteiger partial charge in [0.1, 0.15) is 11.0 Å². The first-order chi connectivity index (χ1) is 36.1. The Balaban J connectivity index is 0.845. The summed E-state index contributed by atoms with van der Waals surface area (Å²) in [5.74, 6) is 2.77. The number of hydrogen-bond donors (Lipinski definition) is 0. The Kier molecular flexibility index (Phi) is 9.09. The van der Waals surface area contributed by atoms with Crippen molar-refractivity contribution in [3.05, 3.63) is 231 Å². The van der Waals surface area contributed by atoms with Crippen molar-refractivity contribution < 1.29 is 8.83 Å². The molecule has 8 heteroatoms. The van der Waals surface area contributed by atoms with Crippen molar-refractivity contribution >= 4 is 76.3 Å². The van der Waals surface area contributed by atoms with Gasteiger partial charge in [0, 0.05) is 44.3 Å². The van der Waals surface area contributed by atoms with Crippen molar-refractivity contribution in [1.82, 2.24) is 29.5 Å². The highest BCUT2D eigenvalue weighted by atomic mass is 16.4. The quantitative estimate of drug-likeness (QED) is 0.157. The monoisotopic (exact) mass is 934 g/mol. The maximum Gasteiger partial charge on any atom is 0.227 e. The molecule has 0 fully saturated rings. The Bertz CT molecular complexity index is 4470. The van der Waals surface area contributed by atoms with Crippen LogP contribution in [0.1, 0.15) is 0 Å². The fourth-order valence-electron chi connectivity index (χ4n) is 10.6. The van der Waals surface area contributed by atoms with Crippen molar-refractivity contribution in [1.29, 1.82) is 0 Å². The highest BCUT2D eigenvalue weighted by molar-refractivity contribution is 6.30. The lowest BCUT2D eigenvalue weighted by Gasteiger charge is -2.13. The summed E-state index contributed by atoms with van der Waals surface area (Å²) in [4.78, 5) is 24.8. The Labute approximate surface area is 417 Å². The van der Waals surface area contributed by atoms with E-state index >= 15 is 0 Å². The maximum absolute atomic E-state index is 6.10. The topological polar surface area (TPSA) is 95.7 Å². The lowest BCUT2D eigenvalue weighted by atomic mass is 9.92. The van der Waals surface area contributed by atoms with E-state index in [0.29, 0.717) is 29.3 Å². The molecule has 0 N–H and O–H groups in total. The van der Waals surface area contributed by atoms with Gasteiger partial charge in [0.15, 0.2) is 28.6 Å². The highest BCUT2D eigenvalue weighted by Crippen LogP contribution is 2.44. The summed E-state index contributed by atoms with van der Waals surface area (Å²) in [6.07, 6.45) is 0. The molecule has 0 unspecified atom stereocenters. The van der Waals surface area contributed by atoms with Gasteiger partial charge in [-0.2, -0.15) is 0 Å². The first-order valence-corrected chi connectivity index (χ1v) is 24.3. The van der Waals surface area contributed by atoms with Crippen molar-refractivity contribution in [2.45, 2.75) is 0 Å². The first-order valence-electron chi connectivity index (χ1n) is 24.3. The van der Waals surface area contributed by atoms with Crippen LogP contribution in [-0.2, 0) is 0 Å². The largest absolute Gasteiger partial charge is 0.436 e. The van der Waals surface area contributed by atoms with Crippen LogP contribution in [0.5, 0.6) is 0 Å². The van der Waals surface area contributed by atoms with Crippen LogP contribution in [0.15, 0.2) is 239 Å². The number of aromatic nitrogens is 6. The van der Waals surface area contributed by atoms with E-state index in [1.165, 1.54) is 48.9 Å². The molecule has 0 radical (unpaired) electrons. The summed E-state index contributed by atoms with van der Waals surface area (Å²) in [7, 11) is 0. The normalized spacial score (nSPS) is 11.8. The second-order valence-corrected chi connectivity index (χ2v) is 18.4. The van der Waals surface area contributed by atoms with Crippen molar-refractivity contribution in [3.63, 3.8) is 0 Å². The predicted octanol–water partition coefficient (Wildman–Crippen LogP) is 16.7. The second-order valence-electron chi connectivity index (χ2n) is 18.4. The van der Waals surface area contributed by atoms with Gasteiger partial charge in [-0.1, -0.05) is 146 Å². The molecule has 0 saturated heterocycles. The molecule has 4 heterocycles. The summed E-state index contributed by atoms with van der Waals surface area (Å²) in [5, 5.41) is 9.63. The minimum Gasteiger partial charge on any atom is -0.436 e. The number of rotatable bonds is 7. The van der Waals surface area contributed by atoms with E-state index in [2.05, 4.69) is 138 Å². The van der Waals surface area contributed by atoms with Gasteiger partial charge in [0.2, 0.25) is 11.8 Å². The molecule has 0 atom stereocenters. The zero-order valence-electron chi connectivity index (χ0n) is 38.9. The highest BCUT2D eigenvalue weighted by Gasteiger charge is 2.21. The Hall–Kier alpha value is -10.1. The van der Waals surface area contributed by atoms with Gasteiger partial charge in [-0.15, -0.1) is 0 Å². The van der Waals surface area contributed by atoms with Gasteiger partial charge >= 0.3 is 0 Å². The van der Waals surface area contributed by atoms with E-state index in [1.807, 2.05) is 97.1 Å². The van der Waals surface area contributed by atoms with Crippen LogP contribution in [0.2, 0.25) is 0 Å². The fourth-order valence-corrected chi connectivity index (χ4v) is 10.6. The third kappa shape index (κ3) is 6.80. The summed E-state index contributed by atoms with van der Waals surface area (Å²) in [5.41, 5.74) is 13.2. The van der Waals surface area contributed by atoms with Gasteiger partial charge in [0.25, 0.3) is 0 Å². The number of benzene rings is 11. The summed E-state index contributed by atoms with van der Waals surface area (Å²) < 4.78 is 14.6. The van der Waals surface area contributed by atoms with Crippen molar-refractivity contribution in [2.75, 3.05) is 0 Å². The molecule has 0 aliphatic heterocycles. The summed E-state index contributed by atoms with van der Waals surface area (Å²) in [6, 6.07) is 80.0. The predicted molar refractivity (Wildman–Crippen MR) is 294 cm³/mol. The van der Waals surface area contributed by atoms with Gasteiger partial charge < -0.3 is 13.4 Å². The Morgan fingerprint density at radius 3 is 1.40 bits per heavy atom. The van der Waals surface area contributed by atoms with Crippen LogP contribution < -0.4 is 0 Å². The lowest BCUT2D eigenvalue weighted by Crippen LogP contribution is -2.00. The minimum absolute atomic E-state index is 0.547. The second kappa shape index (κ2) is 16.3. The fraction of sp³-hybridized carbons (Fsp3) is 0. The number of oxazole rings is 2. The molecule has 15 rings (SSSR count). The van der Waals surface area contributed by atoms with E-state index in [1.54, 1.807) is 0 Å². The van der Waals surface area contributed by atoms with Crippen LogP contribution >= 0.6 is 0 Å². The van der Waals surface area contributed by atoms with E-state index in [4.69, 9.17) is 33.8 Å². The third-order valence-corrected chi connectivity index (χ3v) is 14.1. The number of nitrogens with zero attached hydrogens (tertiary/aromatic N) is 6. The van der Waals surface area contributed by atoms with Gasteiger partial charge in [-0.25, -0.2) is 24.9 Å². The SMILES string of the molecule is c1ccc(-n2c3ccc4ccccc4c3c3c4ccccc4c(-c4ccc5cc(-c6nc(-c7ccc(-c8nc9ccccc9o8)cc7)nc(-c7ccc(-c8nc9ccccc9o8)cc7)n6)ccc5c4)cc32)cc1. The minimum atomic E-state index is 0.547. The molecule has 0 spiro atoms. The number of para-hydroxylation sites is 5. The summed E-state index contributed by atoms with van der Waals surface area (Å²) >= 11 is 0. The van der Waals surface area contributed by atoms with Crippen LogP contribution in [0.3, 0.4) is 0 Å². The van der Waals surface area contributed by atoms with Crippen LogP contribution in [0.25, 0.3) is 150 Å². The van der Waals surface area contributed by atoms with Gasteiger partial charge in [-0.3, -0.25) is 0 Å². The molecule has 0 aliphatic rings. The average molecular weight is 935 g/mol. The van der Waals surface area contributed by atoms with Crippen LogP contribution in [-0.4, -0.2) is 29.5 Å². The molecule has 8 nitrogen and oxygen atoms in total. The third-order valence-electron chi connectivity index (χ3n) is 14.1. The van der Waals surface area contributed by atoms with E-state index < -0.39 is 0 Å². The molecule has 0 amide bonds. The molecular weight excluding hydrogens is 897 g/mol. The molecule has 4 aromatic heterocycles. The van der Waals surface area contributed by atoms with E-state index in [-0.39, 0.29) is 0 Å². The number of fused-ring (bicyclic) bond motifs is 10. The molecule has 0 aliphatic carbocycles. The zero-order chi connectivity index (χ0) is 48.0. The molecule has 73 heavy (non-hydrogen) atoms. The average Bonchev–Trinajstić information content (AvgIpc) is 4.20. The van der Waals surface area contributed by atoms with Crippen LogP contribution in [0.4, 0.5) is 0 Å². The zero-order valence-corrected chi connectivity index (χ0v) is 38.9. The standard InChI is InChI=1S/C65H38N6O2/c1-2-13-48(14-3-1)71-55-35-34-39-12-4-5-15-49(39)59(55)60-51-17-7-6-16-50(51)52(38-56(60)71)46-32-30-45-37-47(33-31-44(45)36-46)63-69-61(40-22-26-42(27-23-40)64-66-53-18-8-10-20-57(53)72-64)68-62(70-63)41-24-28-43(29-25-41)65-67-54-19-9-11-21-58(54)73-65/h1-38H. The van der Waals surface area contributed by atoms with Crippen molar-refractivity contribution in [2.24, 2.45) is 0 Å². The van der Waals surface area contributed by atoms with Crippen LogP contribution in [0, 0.1) is 0 Å². The molecular formula is C65H38N6O2. The molecule has 340 valence electrons. The Morgan fingerprint density at radius 2 is 0.767 bits per heavy atom. The molecule has 0 saturated carbocycles. The maximum atomic E-state index is 6.10. The van der Waals surface area contributed by atoms with E-state index in [0.717, 1.165) is 72.0 Å². The lowest BCUT2D eigenvalue weighted by molar-refractivity contribution is 0.619. The molecule has 15 aromatic rings. The smallest absolute Gasteiger partial charge is 0.227 e. The molecule has 11 aromatic carbocycles. The molecule has 0 bridgehead atoms. The first kappa shape index (κ1) is 40.8. The van der Waals surface area contributed by atoms with E-state index in [9.17, 15) is 0 Å². The number of hydrogen-bond acceptors (Lipinski definition) is 7.